The SMILES string of the molecule is C[C@H](OP(=O)(O)O)[C@H](NC(=O)CCCCCNC(=O)[C@H]1CCC(=O)N1)C(=O)O. The van der Waals surface area contributed by atoms with E-state index in [1.54, 1.807) is 0 Å². The Balaban J connectivity index is 2.22. The van der Waals surface area contributed by atoms with Crippen LogP contribution in [0, 0.1) is 0 Å². The molecule has 3 amide bonds. The molecule has 0 unspecified atom stereocenters. The summed E-state index contributed by atoms with van der Waals surface area (Å²) in [5.41, 5.74) is 0. The summed E-state index contributed by atoms with van der Waals surface area (Å²) >= 11 is 0. The second-order valence-electron chi connectivity index (χ2n) is 6.44. The Morgan fingerprint density at radius 2 is 1.96 bits per heavy atom. The average molecular weight is 423 g/mol. The Morgan fingerprint density at radius 1 is 1.29 bits per heavy atom. The molecule has 1 aliphatic heterocycles. The van der Waals surface area contributed by atoms with E-state index >= 15 is 0 Å². The minimum atomic E-state index is -4.88. The monoisotopic (exact) mass is 423 g/mol. The van der Waals surface area contributed by atoms with Crippen LogP contribution >= 0.6 is 7.82 Å². The molecule has 0 aromatic rings. The molecule has 0 aromatic heterocycles. The van der Waals surface area contributed by atoms with Crippen LogP contribution in [0.5, 0.6) is 0 Å². The van der Waals surface area contributed by atoms with Gasteiger partial charge < -0.3 is 30.8 Å². The second kappa shape index (κ2) is 11.1. The molecule has 0 spiro atoms. The summed E-state index contributed by atoms with van der Waals surface area (Å²) in [6.07, 6.45) is 1.02. The van der Waals surface area contributed by atoms with Crippen LogP contribution in [0.2, 0.25) is 0 Å². The number of hydrogen-bond donors (Lipinski definition) is 6. The first kappa shape index (κ1) is 24.0. The summed E-state index contributed by atoms with van der Waals surface area (Å²) in [4.78, 5) is 63.3. The fourth-order valence-electron chi connectivity index (χ4n) is 2.64. The van der Waals surface area contributed by atoms with Crippen molar-refractivity contribution in [3.8, 4) is 0 Å². The van der Waals surface area contributed by atoms with Crippen molar-refractivity contribution < 1.29 is 43.2 Å². The van der Waals surface area contributed by atoms with Crippen LogP contribution < -0.4 is 16.0 Å². The third kappa shape index (κ3) is 9.27. The van der Waals surface area contributed by atoms with E-state index in [0.717, 1.165) is 6.92 Å². The van der Waals surface area contributed by atoms with Gasteiger partial charge in [-0.25, -0.2) is 9.36 Å². The summed E-state index contributed by atoms with van der Waals surface area (Å²) in [6, 6.07) is -2.09. The third-order valence-corrected chi connectivity index (χ3v) is 4.65. The highest BCUT2D eigenvalue weighted by molar-refractivity contribution is 7.46. The van der Waals surface area contributed by atoms with E-state index in [1.165, 1.54) is 0 Å². The topological polar surface area (TPSA) is 191 Å². The fourth-order valence-corrected chi connectivity index (χ4v) is 3.19. The molecule has 3 atom stereocenters. The molecule has 0 radical (unpaired) electrons. The number of aliphatic carboxylic acids is 1. The van der Waals surface area contributed by atoms with Crippen molar-refractivity contribution in [1.29, 1.82) is 0 Å². The number of carbonyl (C=O) groups is 4. The molecule has 1 fully saturated rings. The molecule has 1 heterocycles. The number of hydrogen-bond acceptors (Lipinski definition) is 6. The number of nitrogens with one attached hydrogen (secondary N) is 3. The summed E-state index contributed by atoms with van der Waals surface area (Å²) in [5, 5.41) is 16.5. The normalized spacial score (nSPS) is 18.8. The number of unbranched alkanes of at least 4 members (excludes halogenated alkanes) is 2. The lowest BCUT2D eigenvalue weighted by molar-refractivity contribution is -0.144. The molecule has 0 saturated carbocycles. The van der Waals surface area contributed by atoms with Crippen LogP contribution in [0.15, 0.2) is 0 Å². The van der Waals surface area contributed by atoms with Gasteiger partial charge in [0, 0.05) is 19.4 Å². The first-order chi connectivity index (χ1) is 13.0. The van der Waals surface area contributed by atoms with Crippen LogP contribution in [-0.2, 0) is 28.3 Å². The maximum absolute atomic E-state index is 11.8. The van der Waals surface area contributed by atoms with Crippen LogP contribution in [0.25, 0.3) is 0 Å². The smallest absolute Gasteiger partial charge is 0.469 e. The highest BCUT2D eigenvalue weighted by Crippen LogP contribution is 2.38. The number of carboxylic acid groups (broad SMARTS) is 1. The van der Waals surface area contributed by atoms with Gasteiger partial charge in [-0.2, -0.15) is 0 Å². The van der Waals surface area contributed by atoms with E-state index in [9.17, 15) is 23.7 Å². The maximum atomic E-state index is 11.8. The van der Waals surface area contributed by atoms with E-state index < -0.39 is 37.9 Å². The molecule has 12 nitrogen and oxygen atoms in total. The molecule has 6 N–H and O–H groups in total. The van der Waals surface area contributed by atoms with Crippen LogP contribution in [0.1, 0.15) is 45.4 Å². The van der Waals surface area contributed by atoms with E-state index in [-0.39, 0.29) is 18.2 Å². The van der Waals surface area contributed by atoms with E-state index in [4.69, 9.17) is 14.9 Å². The molecule has 160 valence electrons. The number of phosphoric acid groups is 1. The first-order valence-corrected chi connectivity index (χ1v) is 10.4. The zero-order valence-corrected chi connectivity index (χ0v) is 16.3. The number of carbonyl (C=O) groups excluding carboxylic acids is 3. The number of phosphoric ester groups is 1. The Labute approximate surface area is 161 Å². The van der Waals surface area contributed by atoms with E-state index in [0.29, 0.717) is 38.6 Å². The van der Waals surface area contributed by atoms with Gasteiger partial charge in [0.2, 0.25) is 17.7 Å². The van der Waals surface area contributed by atoms with Crippen molar-refractivity contribution in [2.45, 2.75) is 63.6 Å². The van der Waals surface area contributed by atoms with Gasteiger partial charge in [-0.1, -0.05) is 6.42 Å². The Kier molecular flexibility index (Phi) is 9.53. The van der Waals surface area contributed by atoms with Crippen molar-refractivity contribution in [2.75, 3.05) is 6.54 Å². The van der Waals surface area contributed by atoms with Crippen molar-refractivity contribution in [1.82, 2.24) is 16.0 Å². The summed E-state index contributed by atoms with van der Waals surface area (Å²) in [7, 11) is -4.88. The summed E-state index contributed by atoms with van der Waals surface area (Å²) in [5.74, 6) is -2.46. The largest absolute Gasteiger partial charge is 0.480 e. The van der Waals surface area contributed by atoms with E-state index in [2.05, 4.69) is 20.5 Å². The molecule has 28 heavy (non-hydrogen) atoms. The Bertz CT molecular complexity index is 636. The highest BCUT2D eigenvalue weighted by Gasteiger charge is 2.32. The molecular weight excluding hydrogens is 397 g/mol. The molecular formula is C15H26N3O9P. The summed E-state index contributed by atoms with van der Waals surface area (Å²) < 4.78 is 15.1. The third-order valence-electron chi connectivity index (χ3n) is 4.05. The minimum Gasteiger partial charge on any atom is -0.480 e. The number of carboxylic acids is 1. The van der Waals surface area contributed by atoms with E-state index in [1.807, 2.05) is 0 Å². The minimum absolute atomic E-state index is 0.0129. The van der Waals surface area contributed by atoms with Crippen molar-refractivity contribution >= 4 is 31.5 Å². The predicted molar refractivity (Wildman–Crippen MR) is 94.8 cm³/mol. The molecule has 1 rings (SSSR count). The summed E-state index contributed by atoms with van der Waals surface area (Å²) in [6.45, 7) is 1.52. The zero-order chi connectivity index (χ0) is 21.3. The number of amides is 3. The van der Waals surface area contributed by atoms with Crippen LogP contribution in [0.3, 0.4) is 0 Å². The zero-order valence-electron chi connectivity index (χ0n) is 15.4. The van der Waals surface area contributed by atoms with Gasteiger partial charge in [-0.3, -0.25) is 18.9 Å². The molecule has 1 saturated heterocycles. The van der Waals surface area contributed by atoms with Gasteiger partial charge in [0.25, 0.3) is 0 Å². The molecule has 0 aromatic carbocycles. The Morgan fingerprint density at radius 3 is 2.50 bits per heavy atom. The lowest BCUT2D eigenvalue weighted by Gasteiger charge is -2.21. The predicted octanol–water partition coefficient (Wildman–Crippen LogP) is -0.991. The lowest BCUT2D eigenvalue weighted by Crippen LogP contribution is -2.48. The maximum Gasteiger partial charge on any atom is 0.469 e. The van der Waals surface area contributed by atoms with Gasteiger partial charge in [0.15, 0.2) is 6.04 Å². The Hall–Kier alpha value is -2.01. The molecule has 0 aliphatic carbocycles. The standard InChI is InChI=1S/C15H26N3O9P/c1-9(27-28(24,25)26)13(15(22)23)18-11(19)5-3-2-4-8-16-14(21)10-6-7-12(20)17-10/h9-10,13H,2-8H2,1H3,(H,16,21)(H,17,20)(H,18,19)(H,22,23)(H2,24,25,26)/t9-,10+,13-/m0/s1. The first-order valence-electron chi connectivity index (χ1n) is 8.83. The van der Waals surface area contributed by atoms with Gasteiger partial charge in [-0.15, -0.1) is 0 Å². The van der Waals surface area contributed by atoms with Crippen molar-refractivity contribution in [3.63, 3.8) is 0 Å². The van der Waals surface area contributed by atoms with Crippen LogP contribution in [0.4, 0.5) is 0 Å². The number of rotatable bonds is 12. The molecule has 0 bridgehead atoms. The second-order valence-corrected chi connectivity index (χ2v) is 7.64. The quantitative estimate of drug-likeness (QED) is 0.169. The van der Waals surface area contributed by atoms with Gasteiger partial charge in [0.1, 0.15) is 6.04 Å². The molecule has 1 aliphatic rings. The van der Waals surface area contributed by atoms with Gasteiger partial charge >= 0.3 is 13.8 Å². The van der Waals surface area contributed by atoms with Crippen molar-refractivity contribution in [2.24, 2.45) is 0 Å². The van der Waals surface area contributed by atoms with Crippen LogP contribution in [-0.4, -0.2) is 63.3 Å². The highest BCUT2D eigenvalue weighted by atomic mass is 31.2. The van der Waals surface area contributed by atoms with Crippen molar-refractivity contribution in [3.05, 3.63) is 0 Å². The van der Waals surface area contributed by atoms with Gasteiger partial charge in [-0.05, 0) is 26.2 Å². The van der Waals surface area contributed by atoms with Gasteiger partial charge in [0.05, 0.1) is 6.10 Å². The fraction of sp³-hybridized carbons (Fsp3) is 0.733. The average Bonchev–Trinajstić information content (AvgIpc) is 3.00. The molecule has 13 heteroatoms. The lowest BCUT2D eigenvalue weighted by atomic mass is 10.1.